The Bertz CT molecular complexity index is 1700. The first-order valence-electron chi connectivity index (χ1n) is 17.0. The lowest BCUT2D eigenvalue weighted by Crippen LogP contribution is -2.70. The standard InChI is InChI=1S/C37H42F2O11S/c1-21-15-24-25-17-27(38)26-16-22(40)10-11-34(26,4)36(25,39)29(41)18-35(24,5)37(21,50-30(42)28-9-8-13-45-28)31(43)51-14-7-6-12-46-32(44)47-19-23-20-48-33(2,3)49-23/h8-11,13,16,21,23-25,27,29,41H,12,14-15,17-20H2,1-5H3/t21-,23+,24+,25+,27+,29+,34+,35+,36+,37+/m1/s1. The highest BCUT2D eigenvalue weighted by molar-refractivity contribution is 8.14. The number of thioether (sulfide) groups is 1. The van der Waals surface area contributed by atoms with Crippen molar-refractivity contribution in [2.75, 3.05) is 25.6 Å². The Morgan fingerprint density at radius 3 is 2.57 bits per heavy atom. The van der Waals surface area contributed by atoms with Crippen LogP contribution >= 0.6 is 11.8 Å². The van der Waals surface area contributed by atoms with Crippen LogP contribution in [0.4, 0.5) is 13.6 Å². The number of rotatable bonds is 7. The fraction of sp³-hybridized carbons (Fsp3) is 0.622. The second-order valence-corrected chi connectivity index (χ2v) is 15.8. The number of esters is 1. The second-order valence-electron chi connectivity index (χ2n) is 14.8. The van der Waals surface area contributed by atoms with Crippen LogP contribution in [0.2, 0.25) is 0 Å². The molecular weight excluding hydrogens is 690 g/mol. The Labute approximate surface area is 298 Å². The highest BCUT2D eigenvalue weighted by Crippen LogP contribution is 2.72. The van der Waals surface area contributed by atoms with E-state index in [4.69, 9.17) is 28.1 Å². The topological polar surface area (TPSA) is 148 Å². The number of ether oxygens (including phenoxy) is 5. The summed E-state index contributed by atoms with van der Waals surface area (Å²) in [4.78, 5) is 52.1. The first kappa shape index (κ1) is 37.3. The number of hydrogen-bond donors (Lipinski definition) is 1. The maximum absolute atomic E-state index is 17.7. The van der Waals surface area contributed by atoms with Gasteiger partial charge in [0.2, 0.25) is 10.9 Å². The van der Waals surface area contributed by atoms with Crippen LogP contribution in [0.3, 0.4) is 0 Å². The fourth-order valence-electron chi connectivity index (χ4n) is 9.26. The van der Waals surface area contributed by atoms with Crippen LogP contribution in [0, 0.1) is 40.4 Å². The van der Waals surface area contributed by atoms with E-state index in [1.54, 1.807) is 27.7 Å². The van der Waals surface area contributed by atoms with Crippen LogP contribution in [-0.4, -0.2) is 89.1 Å². The van der Waals surface area contributed by atoms with Gasteiger partial charge in [0, 0.05) is 22.7 Å². The smallest absolute Gasteiger partial charge is 0.457 e. The Morgan fingerprint density at radius 1 is 1.12 bits per heavy atom. The normalized spacial score (nSPS) is 39.1. The number of carbonyl (C=O) groups excluding carboxylic acids is 4. The van der Waals surface area contributed by atoms with Crippen molar-refractivity contribution in [1.82, 2.24) is 0 Å². The summed E-state index contributed by atoms with van der Waals surface area (Å²) in [6, 6.07) is 2.88. The van der Waals surface area contributed by atoms with E-state index in [9.17, 15) is 24.3 Å². The van der Waals surface area contributed by atoms with Crippen LogP contribution in [-0.2, 0) is 33.3 Å². The summed E-state index contributed by atoms with van der Waals surface area (Å²) in [7, 11) is 0. The highest BCUT2D eigenvalue weighted by atomic mass is 32.2. The molecule has 276 valence electrons. The molecule has 0 unspecified atom stereocenters. The van der Waals surface area contributed by atoms with Crippen molar-refractivity contribution in [3.05, 3.63) is 48.0 Å². The zero-order valence-electron chi connectivity index (χ0n) is 29.1. The molecule has 0 amide bonds. The molecule has 4 fully saturated rings. The molecule has 0 aromatic carbocycles. The number of carbonyl (C=O) groups is 4. The molecule has 6 rings (SSSR count). The molecule has 0 bridgehead atoms. The van der Waals surface area contributed by atoms with Crippen molar-refractivity contribution in [1.29, 1.82) is 0 Å². The number of furan rings is 1. The molecule has 4 aliphatic carbocycles. The van der Waals surface area contributed by atoms with Crippen molar-refractivity contribution < 1.29 is 61.2 Å². The fourth-order valence-corrected chi connectivity index (χ4v) is 10.3. The summed E-state index contributed by atoms with van der Waals surface area (Å²) in [6.45, 7) is 8.29. The average molecular weight is 733 g/mol. The van der Waals surface area contributed by atoms with E-state index in [-0.39, 0.29) is 56.2 Å². The molecular formula is C37H42F2O11S. The highest BCUT2D eigenvalue weighted by Gasteiger charge is 2.78. The van der Waals surface area contributed by atoms with Crippen molar-refractivity contribution in [3.8, 4) is 11.8 Å². The number of hydrogen-bond acceptors (Lipinski definition) is 12. The largest absolute Gasteiger partial charge is 0.509 e. The van der Waals surface area contributed by atoms with Gasteiger partial charge in [-0.15, -0.1) is 0 Å². The van der Waals surface area contributed by atoms with Crippen LogP contribution < -0.4 is 0 Å². The minimum Gasteiger partial charge on any atom is -0.457 e. The molecule has 14 heteroatoms. The molecule has 3 saturated carbocycles. The van der Waals surface area contributed by atoms with E-state index in [0.717, 1.165) is 17.8 Å². The van der Waals surface area contributed by atoms with Gasteiger partial charge < -0.3 is 33.2 Å². The van der Waals surface area contributed by atoms with Gasteiger partial charge in [-0.05, 0) is 75.8 Å². The third-order valence-corrected chi connectivity index (χ3v) is 12.4. The van der Waals surface area contributed by atoms with E-state index in [0.29, 0.717) is 0 Å². The van der Waals surface area contributed by atoms with Crippen molar-refractivity contribution in [2.24, 2.45) is 28.6 Å². The second kappa shape index (κ2) is 13.5. The molecule has 1 N–H and O–H groups in total. The lowest BCUT2D eigenvalue weighted by molar-refractivity contribution is -0.221. The molecule has 1 aliphatic heterocycles. The van der Waals surface area contributed by atoms with Crippen LogP contribution in [0.15, 0.2) is 46.6 Å². The number of fused-ring (bicyclic) bond motifs is 5. The van der Waals surface area contributed by atoms with Gasteiger partial charge in [0.25, 0.3) is 0 Å². The van der Waals surface area contributed by atoms with E-state index in [1.165, 1.54) is 37.5 Å². The van der Waals surface area contributed by atoms with Crippen LogP contribution in [0.1, 0.15) is 64.4 Å². The zero-order valence-corrected chi connectivity index (χ0v) is 29.9. The number of aliphatic hydroxyl groups excluding tert-OH is 1. The number of allylic oxidation sites excluding steroid dienone is 4. The Kier molecular flexibility index (Phi) is 9.84. The van der Waals surface area contributed by atoms with Crippen molar-refractivity contribution in [3.63, 3.8) is 0 Å². The van der Waals surface area contributed by atoms with Gasteiger partial charge >= 0.3 is 12.1 Å². The third kappa shape index (κ3) is 6.13. The summed E-state index contributed by atoms with van der Waals surface area (Å²) in [5, 5.41) is 11.2. The molecule has 0 radical (unpaired) electrons. The average Bonchev–Trinajstić information content (AvgIpc) is 3.78. The number of halogens is 2. The molecule has 11 nitrogen and oxygen atoms in total. The molecule has 1 aromatic heterocycles. The molecule has 2 heterocycles. The first-order valence-corrected chi connectivity index (χ1v) is 17.9. The molecule has 10 atom stereocenters. The monoisotopic (exact) mass is 732 g/mol. The number of aliphatic hydroxyl groups is 1. The Balaban J connectivity index is 1.20. The van der Waals surface area contributed by atoms with Crippen molar-refractivity contribution >= 4 is 34.8 Å². The summed E-state index contributed by atoms with van der Waals surface area (Å²) in [5.74, 6) is 0.592. The van der Waals surface area contributed by atoms with E-state index < -0.39 is 87.0 Å². The van der Waals surface area contributed by atoms with Gasteiger partial charge in [0.1, 0.15) is 18.9 Å². The summed E-state index contributed by atoms with van der Waals surface area (Å²) >= 11 is 0.774. The Hall–Kier alpha value is -3.51. The molecule has 1 saturated heterocycles. The van der Waals surface area contributed by atoms with E-state index in [2.05, 4.69) is 11.8 Å². The number of ketones is 1. The van der Waals surface area contributed by atoms with Gasteiger partial charge in [-0.2, -0.15) is 0 Å². The molecule has 1 aromatic rings. The molecule has 0 spiro atoms. The minimum absolute atomic E-state index is 0.0121. The Morgan fingerprint density at radius 2 is 1.88 bits per heavy atom. The third-order valence-electron chi connectivity index (χ3n) is 11.6. The molecule has 51 heavy (non-hydrogen) atoms. The van der Waals surface area contributed by atoms with Crippen LogP contribution in [0.5, 0.6) is 0 Å². The first-order chi connectivity index (χ1) is 24.0. The summed E-state index contributed by atoms with van der Waals surface area (Å²) in [6.07, 6.45) is -0.212. The quantitative estimate of drug-likeness (QED) is 0.286. The van der Waals surface area contributed by atoms with E-state index >= 15 is 8.78 Å². The zero-order chi connectivity index (χ0) is 37.0. The lowest BCUT2D eigenvalue weighted by Gasteiger charge is -2.63. The predicted molar refractivity (Wildman–Crippen MR) is 177 cm³/mol. The number of alkyl halides is 2. The molecule has 5 aliphatic rings. The minimum atomic E-state index is -2.37. The maximum Gasteiger partial charge on any atom is 0.509 e. The van der Waals surface area contributed by atoms with Crippen LogP contribution in [0.25, 0.3) is 0 Å². The van der Waals surface area contributed by atoms with E-state index in [1.807, 2.05) is 0 Å². The predicted octanol–water partition coefficient (Wildman–Crippen LogP) is 5.31. The summed E-state index contributed by atoms with van der Waals surface area (Å²) < 4.78 is 66.1. The summed E-state index contributed by atoms with van der Waals surface area (Å²) in [5.41, 5.74) is -7.23. The van der Waals surface area contributed by atoms with Gasteiger partial charge in [-0.3, -0.25) is 9.59 Å². The van der Waals surface area contributed by atoms with Gasteiger partial charge in [0.05, 0.1) is 24.7 Å². The lowest BCUT2D eigenvalue weighted by atomic mass is 9.44. The SMILES string of the molecule is C[C@@H]1C[C@H]2[C@@H]3C[C@H](F)C4=CC(=O)C=C[C@]4(C)[C@@]3(F)[C@@H](O)C[C@]2(C)[C@@]1(OC(=O)c1ccco1)C(=O)SCC#CCOC(=O)OC[C@H]1COC(C)(C)O1. The van der Waals surface area contributed by atoms with Gasteiger partial charge in [-0.1, -0.05) is 43.5 Å². The maximum atomic E-state index is 17.7. The van der Waals surface area contributed by atoms with Gasteiger partial charge in [0.15, 0.2) is 29.4 Å². The van der Waals surface area contributed by atoms with Gasteiger partial charge in [-0.25, -0.2) is 18.4 Å². The van der Waals surface area contributed by atoms with Crippen molar-refractivity contribution in [2.45, 2.75) is 89.3 Å².